The van der Waals surface area contributed by atoms with E-state index in [0.717, 1.165) is 13.1 Å². The van der Waals surface area contributed by atoms with Crippen LogP contribution < -0.4 is 4.74 Å². The van der Waals surface area contributed by atoms with E-state index in [-0.39, 0.29) is 0 Å². The Balaban J connectivity index is 1.81. The quantitative estimate of drug-likeness (QED) is 0.820. The van der Waals surface area contributed by atoms with Crippen LogP contribution in [0.1, 0.15) is 5.56 Å². The molecule has 0 amide bonds. The molecular weight excluding hydrogens is 297 g/mol. The Morgan fingerprint density at radius 3 is 2.60 bits per heavy atom. The highest BCUT2D eigenvalue weighted by Gasteiger charge is 2.07. The molecule has 0 unspecified atom stereocenters. The van der Waals surface area contributed by atoms with Crippen molar-refractivity contribution >= 4 is 23.2 Å². The maximum Gasteiger partial charge on any atom is 0.156 e. The van der Waals surface area contributed by atoms with Crippen LogP contribution in [0.25, 0.3) is 0 Å². The van der Waals surface area contributed by atoms with E-state index in [0.29, 0.717) is 22.4 Å². The second-order valence-electron chi connectivity index (χ2n) is 4.66. The minimum atomic E-state index is 0.528. The van der Waals surface area contributed by atoms with Crippen LogP contribution in [0.4, 0.5) is 0 Å². The predicted octanol–water partition coefficient (Wildman–Crippen LogP) is 3.24. The highest BCUT2D eigenvalue weighted by molar-refractivity contribution is 6.37. The molecule has 0 aliphatic rings. The van der Waals surface area contributed by atoms with Gasteiger partial charge >= 0.3 is 0 Å². The summed E-state index contributed by atoms with van der Waals surface area (Å²) in [5, 5.41) is 5.21. The first-order chi connectivity index (χ1) is 9.56. The predicted molar refractivity (Wildman–Crippen MR) is 81.5 cm³/mol. The number of aromatic nitrogens is 2. The number of para-hydroxylation sites is 1. The fraction of sp³-hybridized carbons (Fsp3) is 0.357. The number of nitrogens with zero attached hydrogens (tertiary/aromatic N) is 3. The van der Waals surface area contributed by atoms with Gasteiger partial charge in [0.1, 0.15) is 6.61 Å². The summed E-state index contributed by atoms with van der Waals surface area (Å²) >= 11 is 12.1. The van der Waals surface area contributed by atoms with Crippen LogP contribution >= 0.6 is 23.2 Å². The van der Waals surface area contributed by atoms with Crippen molar-refractivity contribution in [2.45, 2.75) is 6.54 Å². The molecule has 2 aromatic rings. The lowest BCUT2D eigenvalue weighted by Crippen LogP contribution is -2.23. The van der Waals surface area contributed by atoms with Crippen LogP contribution in [0.5, 0.6) is 5.75 Å². The number of rotatable bonds is 6. The Labute approximate surface area is 128 Å². The van der Waals surface area contributed by atoms with Crippen molar-refractivity contribution in [3.63, 3.8) is 0 Å². The minimum Gasteiger partial charge on any atom is -0.489 e. The number of likely N-dealkylation sites (N-methyl/N-ethyl adjacent to an activating group) is 1. The summed E-state index contributed by atoms with van der Waals surface area (Å²) in [4.78, 5) is 2.15. The second kappa shape index (κ2) is 6.97. The standard InChI is InChI=1S/C14H17Cl2N3O/c1-18(9-11-8-17-19(2)10-11)6-7-20-14-12(15)4-3-5-13(14)16/h3-5,8,10H,6-7,9H2,1-2H3. The zero-order chi connectivity index (χ0) is 14.5. The van der Waals surface area contributed by atoms with Gasteiger partial charge in [-0.25, -0.2) is 0 Å². The maximum absolute atomic E-state index is 6.04. The Kier molecular flexibility index (Phi) is 5.29. The van der Waals surface area contributed by atoms with Gasteiger partial charge in [0.15, 0.2) is 5.75 Å². The first-order valence-corrected chi connectivity index (χ1v) is 7.04. The largest absolute Gasteiger partial charge is 0.489 e. The zero-order valence-electron chi connectivity index (χ0n) is 11.5. The van der Waals surface area contributed by atoms with Crippen molar-refractivity contribution < 1.29 is 4.74 Å². The van der Waals surface area contributed by atoms with Gasteiger partial charge in [-0.2, -0.15) is 5.10 Å². The van der Waals surface area contributed by atoms with Crippen LogP contribution in [-0.4, -0.2) is 34.9 Å². The molecule has 0 radical (unpaired) electrons. The summed E-state index contributed by atoms with van der Waals surface area (Å²) < 4.78 is 7.45. The monoisotopic (exact) mass is 313 g/mol. The molecule has 0 aliphatic carbocycles. The number of benzene rings is 1. The third-order valence-corrected chi connectivity index (χ3v) is 3.44. The SMILES string of the molecule is CN(CCOc1c(Cl)cccc1Cl)Cc1cnn(C)c1. The van der Waals surface area contributed by atoms with E-state index >= 15 is 0 Å². The van der Waals surface area contributed by atoms with Crippen LogP contribution in [0.15, 0.2) is 30.6 Å². The van der Waals surface area contributed by atoms with Gasteiger partial charge < -0.3 is 4.74 Å². The van der Waals surface area contributed by atoms with E-state index < -0.39 is 0 Å². The number of hydrogen-bond acceptors (Lipinski definition) is 3. The van der Waals surface area contributed by atoms with Crippen LogP contribution in [-0.2, 0) is 13.6 Å². The van der Waals surface area contributed by atoms with Gasteiger partial charge in [-0.05, 0) is 19.2 Å². The molecule has 0 N–H and O–H groups in total. The molecule has 0 saturated carbocycles. The summed E-state index contributed by atoms with van der Waals surface area (Å²) in [6.07, 6.45) is 3.87. The molecule has 0 saturated heterocycles. The summed E-state index contributed by atoms with van der Waals surface area (Å²) in [6.45, 7) is 2.13. The average Bonchev–Trinajstić information content (AvgIpc) is 2.78. The fourth-order valence-corrected chi connectivity index (χ4v) is 2.37. The van der Waals surface area contributed by atoms with Crippen molar-refractivity contribution in [2.24, 2.45) is 7.05 Å². The first-order valence-electron chi connectivity index (χ1n) is 6.29. The van der Waals surface area contributed by atoms with Gasteiger partial charge in [0.2, 0.25) is 0 Å². The van der Waals surface area contributed by atoms with Crippen molar-refractivity contribution in [1.82, 2.24) is 14.7 Å². The Hall–Kier alpha value is -1.23. The molecule has 20 heavy (non-hydrogen) atoms. The highest BCUT2D eigenvalue weighted by atomic mass is 35.5. The van der Waals surface area contributed by atoms with Crippen LogP contribution in [0, 0.1) is 0 Å². The normalized spacial score (nSPS) is 11.1. The fourth-order valence-electron chi connectivity index (χ4n) is 1.87. The van der Waals surface area contributed by atoms with Gasteiger partial charge in [-0.15, -0.1) is 0 Å². The first kappa shape index (κ1) is 15.2. The Morgan fingerprint density at radius 2 is 2.00 bits per heavy atom. The number of ether oxygens (including phenoxy) is 1. The van der Waals surface area contributed by atoms with E-state index in [2.05, 4.69) is 10.00 Å². The molecule has 108 valence electrons. The lowest BCUT2D eigenvalue weighted by molar-refractivity contribution is 0.233. The van der Waals surface area contributed by atoms with E-state index in [9.17, 15) is 0 Å². The van der Waals surface area contributed by atoms with Gasteiger partial charge in [-0.1, -0.05) is 29.3 Å². The zero-order valence-corrected chi connectivity index (χ0v) is 13.0. The van der Waals surface area contributed by atoms with Crippen LogP contribution in [0.2, 0.25) is 10.0 Å². The van der Waals surface area contributed by atoms with Crippen molar-refractivity contribution in [2.75, 3.05) is 20.2 Å². The maximum atomic E-state index is 6.04. The second-order valence-corrected chi connectivity index (χ2v) is 5.47. The van der Waals surface area contributed by atoms with E-state index in [4.69, 9.17) is 27.9 Å². The molecule has 6 heteroatoms. The molecule has 1 aromatic heterocycles. The van der Waals surface area contributed by atoms with E-state index in [1.807, 2.05) is 26.5 Å². The molecule has 0 bridgehead atoms. The lowest BCUT2D eigenvalue weighted by atomic mass is 10.3. The molecule has 0 aliphatic heterocycles. The van der Waals surface area contributed by atoms with Gasteiger partial charge in [0.05, 0.1) is 16.2 Å². The summed E-state index contributed by atoms with van der Waals surface area (Å²) in [5.41, 5.74) is 1.17. The van der Waals surface area contributed by atoms with Gasteiger partial charge in [-0.3, -0.25) is 9.58 Å². The number of hydrogen-bond donors (Lipinski definition) is 0. The molecule has 1 aromatic carbocycles. The van der Waals surface area contributed by atoms with Gasteiger partial charge in [0, 0.05) is 31.9 Å². The Bertz CT molecular complexity index is 551. The summed E-state index contributed by atoms with van der Waals surface area (Å²) in [6, 6.07) is 5.33. The molecule has 2 rings (SSSR count). The van der Waals surface area contributed by atoms with Crippen LogP contribution in [0.3, 0.4) is 0 Å². The molecule has 0 spiro atoms. The molecule has 0 fully saturated rings. The molecular formula is C14H17Cl2N3O. The lowest BCUT2D eigenvalue weighted by Gasteiger charge is -2.16. The topological polar surface area (TPSA) is 30.3 Å². The smallest absolute Gasteiger partial charge is 0.156 e. The van der Waals surface area contributed by atoms with E-state index in [1.54, 1.807) is 22.9 Å². The highest BCUT2D eigenvalue weighted by Crippen LogP contribution is 2.32. The number of aryl methyl sites for hydroxylation is 1. The molecule has 0 atom stereocenters. The molecule has 1 heterocycles. The van der Waals surface area contributed by atoms with Crippen molar-refractivity contribution in [1.29, 1.82) is 0 Å². The van der Waals surface area contributed by atoms with Gasteiger partial charge in [0.25, 0.3) is 0 Å². The van der Waals surface area contributed by atoms with Crippen molar-refractivity contribution in [3.05, 3.63) is 46.2 Å². The average molecular weight is 314 g/mol. The summed E-state index contributed by atoms with van der Waals surface area (Å²) in [5.74, 6) is 0.547. The Morgan fingerprint density at radius 1 is 1.30 bits per heavy atom. The van der Waals surface area contributed by atoms with Crippen molar-refractivity contribution in [3.8, 4) is 5.75 Å². The minimum absolute atomic E-state index is 0.528. The third kappa shape index (κ3) is 4.13. The van der Waals surface area contributed by atoms with E-state index in [1.165, 1.54) is 5.56 Å². The third-order valence-electron chi connectivity index (χ3n) is 2.85. The molecule has 4 nitrogen and oxygen atoms in total. The summed E-state index contributed by atoms with van der Waals surface area (Å²) in [7, 11) is 3.94. The number of halogens is 2.